The van der Waals surface area contributed by atoms with Crippen LogP contribution in [-0.2, 0) is 0 Å². The number of rotatable bonds is 0. The maximum atomic E-state index is 5.84. The predicted molar refractivity (Wildman–Crippen MR) is 49.1 cm³/mol. The first-order valence-electron chi connectivity index (χ1n) is 3.45. The van der Waals surface area contributed by atoms with Crippen LogP contribution >= 0.6 is 23.4 Å². The highest BCUT2D eigenvalue weighted by molar-refractivity contribution is 7.99. The molecule has 1 aromatic carbocycles. The summed E-state index contributed by atoms with van der Waals surface area (Å²) >= 11 is 7.62. The molecule has 11 heavy (non-hydrogen) atoms. The van der Waals surface area contributed by atoms with E-state index in [2.05, 4.69) is 0 Å². The van der Waals surface area contributed by atoms with Crippen molar-refractivity contribution in [1.82, 2.24) is 0 Å². The summed E-state index contributed by atoms with van der Waals surface area (Å²) in [5.41, 5.74) is 7.03. The van der Waals surface area contributed by atoms with Gasteiger partial charge >= 0.3 is 0 Å². The van der Waals surface area contributed by atoms with Gasteiger partial charge in [0.05, 0.1) is 0 Å². The standard InChI is InChI=1S/C8H8ClNS/c9-5-1-2-8-6(3-5)7(10)4-11-8/h1-3,7H,4,10H2. The first-order valence-corrected chi connectivity index (χ1v) is 4.81. The largest absolute Gasteiger partial charge is 0.323 e. The van der Waals surface area contributed by atoms with E-state index in [1.54, 1.807) is 11.8 Å². The molecule has 2 rings (SSSR count). The van der Waals surface area contributed by atoms with Gasteiger partial charge in [0.15, 0.2) is 0 Å². The van der Waals surface area contributed by atoms with Gasteiger partial charge < -0.3 is 5.73 Å². The fraction of sp³-hybridized carbons (Fsp3) is 0.250. The van der Waals surface area contributed by atoms with Crippen LogP contribution in [0.3, 0.4) is 0 Å². The van der Waals surface area contributed by atoms with E-state index in [9.17, 15) is 0 Å². The van der Waals surface area contributed by atoms with Crippen molar-refractivity contribution in [3.63, 3.8) is 0 Å². The Bertz CT molecular complexity index is 287. The van der Waals surface area contributed by atoms with E-state index in [-0.39, 0.29) is 6.04 Å². The van der Waals surface area contributed by atoms with E-state index in [1.165, 1.54) is 10.5 Å². The molecule has 0 aromatic heterocycles. The van der Waals surface area contributed by atoms with Crippen molar-refractivity contribution in [3.8, 4) is 0 Å². The van der Waals surface area contributed by atoms with Crippen molar-refractivity contribution in [3.05, 3.63) is 28.8 Å². The Hall–Kier alpha value is -0.180. The molecule has 1 unspecified atom stereocenters. The average Bonchev–Trinajstić information content (AvgIpc) is 2.33. The van der Waals surface area contributed by atoms with Gasteiger partial charge in [0.1, 0.15) is 0 Å². The molecule has 58 valence electrons. The van der Waals surface area contributed by atoms with Gasteiger partial charge in [-0.05, 0) is 23.8 Å². The van der Waals surface area contributed by atoms with E-state index in [0.717, 1.165) is 10.8 Å². The summed E-state index contributed by atoms with van der Waals surface area (Å²) in [4.78, 5) is 1.28. The Morgan fingerprint density at radius 1 is 1.55 bits per heavy atom. The molecule has 1 nitrogen and oxygen atoms in total. The van der Waals surface area contributed by atoms with Gasteiger partial charge in [-0.2, -0.15) is 0 Å². The van der Waals surface area contributed by atoms with Crippen LogP contribution in [0.2, 0.25) is 5.02 Å². The Morgan fingerprint density at radius 2 is 2.36 bits per heavy atom. The predicted octanol–water partition coefficient (Wildman–Crippen LogP) is 2.45. The fourth-order valence-electron chi connectivity index (χ4n) is 1.21. The van der Waals surface area contributed by atoms with Gasteiger partial charge in [0.2, 0.25) is 0 Å². The third-order valence-electron chi connectivity index (χ3n) is 1.79. The van der Waals surface area contributed by atoms with Crippen LogP contribution in [-0.4, -0.2) is 5.75 Å². The van der Waals surface area contributed by atoms with Crippen molar-refractivity contribution >= 4 is 23.4 Å². The van der Waals surface area contributed by atoms with Crippen LogP contribution in [0.25, 0.3) is 0 Å². The first kappa shape index (κ1) is 7.47. The smallest absolute Gasteiger partial charge is 0.0410 e. The third-order valence-corrected chi connectivity index (χ3v) is 3.23. The number of benzene rings is 1. The lowest BCUT2D eigenvalue weighted by molar-refractivity contribution is 0.834. The lowest BCUT2D eigenvalue weighted by Crippen LogP contribution is -2.07. The molecule has 0 radical (unpaired) electrons. The van der Waals surface area contributed by atoms with Crippen molar-refractivity contribution in [1.29, 1.82) is 0 Å². The second-order valence-corrected chi connectivity index (χ2v) is 4.10. The number of fused-ring (bicyclic) bond motifs is 1. The summed E-state index contributed by atoms with van der Waals surface area (Å²) < 4.78 is 0. The van der Waals surface area contributed by atoms with Gasteiger partial charge in [0.25, 0.3) is 0 Å². The molecule has 0 saturated carbocycles. The van der Waals surface area contributed by atoms with Crippen molar-refractivity contribution < 1.29 is 0 Å². The average molecular weight is 186 g/mol. The molecule has 1 aliphatic heterocycles. The number of nitrogens with two attached hydrogens (primary N) is 1. The minimum absolute atomic E-state index is 0.175. The Kier molecular flexibility index (Phi) is 1.83. The summed E-state index contributed by atoms with van der Waals surface area (Å²) in [7, 11) is 0. The van der Waals surface area contributed by atoms with Crippen molar-refractivity contribution in [2.24, 2.45) is 5.73 Å². The molecular formula is C8H8ClNS. The number of thioether (sulfide) groups is 1. The summed E-state index contributed by atoms with van der Waals surface area (Å²) in [6.45, 7) is 0. The molecule has 0 spiro atoms. The van der Waals surface area contributed by atoms with Gasteiger partial charge in [-0.1, -0.05) is 11.6 Å². The molecule has 0 saturated heterocycles. The van der Waals surface area contributed by atoms with E-state index in [4.69, 9.17) is 17.3 Å². The molecule has 0 aliphatic carbocycles. The van der Waals surface area contributed by atoms with E-state index < -0.39 is 0 Å². The molecule has 0 amide bonds. The Morgan fingerprint density at radius 3 is 3.18 bits per heavy atom. The number of halogens is 1. The highest BCUT2D eigenvalue weighted by Gasteiger charge is 2.19. The first-order chi connectivity index (χ1) is 5.27. The molecule has 0 bridgehead atoms. The zero-order valence-electron chi connectivity index (χ0n) is 5.88. The van der Waals surface area contributed by atoms with Gasteiger partial charge in [-0.25, -0.2) is 0 Å². The molecule has 3 heteroatoms. The highest BCUT2D eigenvalue weighted by Crippen LogP contribution is 2.37. The Labute approximate surface area is 74.9 Å². The van der Waals surface area contributed by atoms with Crippen LogP contribution < -0.4 is 5.73 Å². The highest BCUT2D eigenvalue weighted by atomic mass is 35.5. The van der Waals surface area contributed by atoms with E-state index in [1.807, 2.05) is 18.2 Å². The normalized spacial score (nSPS) is 21.8. The van der Waals surface area contributed by atoms with Crippen molar-refractivity contribution in [2.45, 2.75) is 10.9 Å². The lowest BCUT2D eigenvalue weighted by Gasteiger charge is -2.02. The second kappa shape index (κ2) is 2.70. The minimum atomic E-state index is 0.175. The summed E-state index contributed by atoms with van der Waals surface area (Å²) in [6, 6.07) is 6.08. The van der Waals surface area contributed by atoms with Gasteiger partial charge in [0, 0.05) is 21.7 Å². The quantitative estimate of drug-likeness (QED) is 0.672. The topological polar surface area (TPSA) is 26.0 Å². The number of hydrogen-bond donors (Lipinski definition) is 1. The zero-order chi connectivity index (χ0) is 7.84. The molecular weight excluding hydrogens is 178 g/mol. The third kappa shape index (κ3) is 1.26. The molecule has 2 N–H and O–H groups in total. The summed E-state index contributed by atoms with van der Waals surface area (Å²) in [5, 5.41) is 0.779. The molecule has 1 heterocycles. The van der Waals surface area contributed by atoms with E-state index >= 15 is 0 Å². The maximum Gasteiger partial charge on any atom is 0.0410 e. The summed E-state index contributed by atoms with van der Waals surface area (Å²) in [5.74, 6) is 0.982. The molecule has 1 atom stereocenters. The second-order valence-electron chi connectivity index (χ2n) is 2.60. The van der Waals surface area contributed by atoms with Crippen LogP contribution in [0.5, 0.6) is 0 Å². The molecule has 1 aliphatic rings. The van der Waals surface area contributed by atoms with Crippen LogP contribution in [0.4, 0.5) is 0 Å². The lowest BCUT2D eigenvalue weighted by atomic mass is 10.1. The van der Waals surface area contributed by atoms with Crippen LogP contribution in [0.1, 0.15) is 11.6 Å². The SMILES string of the molecule is NC1CSc2ccc(Cl)cc21. The van der Waals surface area contributed by atoms with Gasteiger partial charge in [-0.15, -0.1) is 11.8 Å². The van der Waals surface area contributed by atoms with Crippen LogP contribution in [0.15, 0.2) is 23.1 Å². The molecule has 0 fully saturated rings. The Balaban J connectivity index is 2.52. The number of hydrogen-bond acceptors (Lipinski definition) is 2. The summed E-state index contributed by atoms with van der Waals surface area (Å²) in [6.07, 6.45) is 0. The van der Waals surface area contributed by atoms with E-state index in [0.29, 0.717) is 0 Å². The zero-order valence-corrected chi connectivity index (χ0v) is 7.45. The van der Waals surface area contributed by atoms with Gasteiger partial charge in [-0.3, -0.25) is 0 Å². The molecule has 1 aromatic rings. The van der Waals surface area contributed by atoms with Crippen molar-refractivity contribution in [2.75, 3.05) is 5.75 Å². The maximum absolute atomic E-state index is 5.84. The minimum Gasteiger partial charge on any atom is -0.323 e. The van der Waals surface area contributed by atoms with Crippen LogP contribution in [0, 0.1) is 0 Å². The monoisotopic (exact) mass is 185 g/mol. The fourth-order valence-corrected chi connectivity index (χ4v) is 2.47.